The van der Waals surface area contributed by atoms with Gasteiger partial charge >= 0.3 is 0 Å². The van der Waals surface area contributed by atoms with Crippen molar-refractivity contribution in [2.75, 3.05) is 60.0 Å². The zero-order chi connectivity index (χ0) is 22.3. The molecule has 2 aromatic rings. The summed E-state index contributed by atoms with van der Waals surface area (Å²) in [6, 6.07) is 11.9. The number of benzene rings is 1. The number of rotatable bonds is 6. The maximum absolute atomic E-state index is 12.5. The minimum atomic E-state index is -0.0529. The van der Waals surface area contributed by atoms with E-state index < -0.39 is 0 Å². The Morgan fingerprint density at radius 3 is 2.44 bits per heavy atom. The SMILES string of the molecule is CN=C(NCC(c1ccccc1OC)N1CCCC1)N1CCN(C(=O)c2ccco2)CC1. The number of nitrogens with one attached hydrogen (secondary N) is 1. The van der Waals surface area contributed by atoms with Crippen LogP contribution in [-0.2, 0) is 0 Å². The quantitative estimate of drug-likeness (QED) is 0.551. The van der Waals surface area contributed by atoms with Crippen molar-refractivity contribution in [3.05, 3.63) is 54.0 Å². The number of piperazine rings is 1. The first-order valence-electron chi connectivity index (χ1n) is 11.4. The fourth-order valence-electron chi connectivity index (χ4n) is 4.63. The molecule has 172 valence electrons. The van der Waals surface area contributed by atoms with Gasteiger partial charge in [0.1, 0.15) is 5.75 Å². The lowest BCUT2D eigenvalue weighted by Crippen LogP contribution is -2.54. The van der Waals surface area contributed by atoms with Crippen LogP contribution in [0.3, 0.4) is 0 Å². The van der Waals surface area contributed by atoms with E-state index in [4.69, 9.17) is 9.15 Å². The van der Waals surface area contributed by atoms with Crippen molar-refractivity contribution < 1.29 is 13.9 Å². The zero-order valence-electron chi connectivity index (χ0n) is 19.0. The second-order valence-corrected chi connectivity index (χ2v) is 8.19. The molecule has 1 aromatic carbocycles. The molecule has 2 saturated heterocycles. The van der Waals surface area contributed by atoms with Gasteiger partial charge < -0.3 is 24.3 Å². The predicted molar refractivity (Wildman–Crippen MR) is 124 cm³/mol. The minimum Gasteiger partial charge on any atom is -0.496 e. The second-order valence-electron chi connectivity index (χ2n) is 8.19. The molecule has 1 atom stereocenters. The van der Waals surface area contributed by atoms with Crippen molar-refractivity contribution in [3.63, 3.8) is 0 Å². The summed E-state index contributed by atoms with van der Waals surface area (Å²) in [5, 5.41) is 3.59. The number of hydrogen-bond acceptors (Lipinski definition) is 5. The molecule has 8 nitrogen and oxygen atoms in total. The Balaban J connectivity index is 1.39. The highest BCUT2D eigenvalue weighted by Gasteiger charge is 2.28. The van der Waals surface area contributed by atoms with E-state index in [1.54, 1.807) is 19.2 Å². The summed E-state index contributed by atoms with van der Waals surface area (Å²) >= 11 is 0. The number of furan rings is 1. The van der Waals surface area contributed by atoms with Gasteiger partial charge in [-0.1, -0.05) is 18.2 Å². The first kappa shape index (κ1) is 22.2. The first-order chi connectivity index (χ1) is 15.7. The molecule has 2 aliphatic heterocycles. The Labute approximate surface area is 189 Å². The van der Waals surface area contributed by atoms with Crippen molar-refractivity contribution in [2.45, 2.75) is 18.9 Å². The van der Waals surface area contributed by atoms with Crippen LogP contribution >= 0.6 is 0 Å². The second kappa shape index (κ2) is 10.5. The Morgan fingerprint density at radius 1 is 1.06 bits per heavy atom. The standard InChI is InChI=1S/C24H33N5O3/c1-25-24(29-15-13-28(14-16-29)23(30)22-10-7-17-32-22)26-18-20(27-11-5-6-12-27)19-8-3-4-9-21(19)31-2/h3-4,7-10,17,20H,5-6,11-16,18H2,1-2H3,(H,25,26). The average Bonchev–Trinajstić information content (AvgIpc) is 3.57. The monoisotopic (exact) mass is 439 g/mol. The number of para-hydroxylation sites is 1. The van der Waals surface area contributed by atoms with E-state index in [9.17, 15) is 4.79 Å². The number of aliphatic imine (C=N–C) groups is 1. The molecule has 0 spiro atoms. The summed E-state index contributed by atoms with van der Waals surface area (Å²) in [4.78, 5) is 23.6. The summed E-state index contributed by atoms with van der Waals surface area (Å²) in [5.74, 6) is 2.13. The molecule has 3 heterocycles. The highest BCUT2D eigenvalue weighted by atomic mass is 16.5. The van der Waals surface area contributed by atoms with Gasteiger partial charge in [-0.3, -0.25) is 14.7 Å². The van der Waals surface area contributed by atoms with Crippen LogP contribution in [0.25, 0.3) is 0 Å². The molecule has 1 unspecified atom stereocenters. The number of carbonyl (C=O) groups excluding carboxylic acids is 1. The molecule has 0 bridgehead atoms. The normalized spacial score (nSPS) is 18.6. The Hall–Kier alpha value is -3.00. The van der Waals surface area contributed by atoms with E-state index in [0.29, 0.717) is 18.8 Å². The van der Waals surface area contributed by atoms with Crippen molar-refractivity contribution in [3.8, 4) is 5.75 Å². The smallest absolute Gasteiger partial charge is 0.289 e. The number of likely N-dealkylation sites (tertiary alicyclic amines) is 1. The fraction of sp³-hybridized carbons (Fsp3) is 0.500. The number of nitrogens with zero attached hydrogens (tertiary/aromatic N) is 4. The largest absolute Gasteiger partial charge is 0.496 e. The van der Waals surface area contributed by atoms with Crippen LogP contribution in [0.5, 0.6) is 5.75 Å². The van der Waals surface area contributed by atoms with Crippen LogP contribution < -0.4 is 10.1 Å². The molecule has 0 saturated carbocycles. The van der Waals surface area contributed by atoms with Crippen LogP contribution in [-0.4, -0.2) is 86.5 Å². The average molecular weight is 440 g/mol. The summed E-state index contributed by atoms with van der Waals surface area (Å²) in [6.07, 6.45) is 3.99. The number of amides is 1. The third-order valence-corrected chi connectivity index (χ3v) is 6.34. The van der Waals surface area contributed by atoms with Crippen LogP contribution in [0.4, 0.5) is 0 Å². The summed E-state index contributed by atoms with van der Waals surface area (Å²) < 4.78 is 10.9. The summed E-state index contributed by atoms with van der Waals surface area (Å²) in [7, 11) is 3.55. The number of guanidine groups is 1. The van der Waals surface area contributed by atoms with Gasteiger partial charge in [-0.25, -0.2) is 0 Å². The van der Waals surface area contributed by atoms with E-state index in [-0.39, 0.29) is 11.9 Å². The van der Waals surface area contributed by atoms with Crippen molar-refractivity contribution >= 4 is 11.9 Å². The molecule has 2 aliphatic rings. The molecular formula is C24H33N5O3. The Kier molecular flexibility index (Phi) is 7.32. The lowest BCUT2D eigenvalue weighted by molar-refractivity contribution is 0.0657. The van der Waals surface area contributed by atoms with Crippen LogP contribution in [0, 0.1) is 0 Å². The molecule has 0 aliphatic carbocycles. The van der Waals surface area contributed by atoms with Gasteiger partial charge in [0.15, 0.2) is 11.7 Å². The van der Waals surface area contributed by atoms with E-state index >= 15 is 0 Å². The van der Waals surface area contributed by atoms with Crippen LogP contribution in [0.2, 0.25) is 0 Å². The van der Waals surface area contributed by atoms with Gasteiger partial charge in [0.05, 0.1) is 19.4 Å². The molecule has 8 heteroatoms. The van der Waals surface area contributed by atoms with Crippen LogP contribution in [0.1, 0.15) is 35.0 Å². The van der Waals surface area contributed by atoms with Gasteiger partial charge in [-0.15, -0.1) is 0 Å². The van der Waals surface area contributed by atoms with Crippen molar-refractivity contribution in [1.29, 1.82) is 0 Å². The lowest BCUT2D eigenvalue weighted by Gasteiger charge is -2.37. The first-order valence-corrected chi connectivity index (χ1v) is 11.4. The third-order valence-electron chi connectivity index (χ3n) is 6.34. The van der Waals surface area contributed by atoms with E-state index in [1.807, 2.05) is 24.1 Å². The maximum Gasteiger partial charge on any atom is 0.289 e. The maximum atomic E-state index is 12.5. The third kappa shape index (κ3) is 4.91. The van der Waals surface area contributed by atoms with Crippen LogP contribution in [0.15, 0.2) is 52.1 Å². The van der Waals surface area contributed by atoms with Gasteiger partial charge in [-0.05, 0) is 44.1 Å². The summed E-state index contributed by atoms with van der Waals surface area (Å²) in [5.41, 5.74) is 1.20. The Morgan fingerprint density at radius 2 is 1.78 bits per heavy atom. The predicted octanol–water partition coefficient (Wildman–Crippen LogP) is 2.46. The number of ether oxygens (including phenoxy) is 1. The van der Waals surface area contributed by atoms with E-state index in [2.05, 4.69) is 32.2 Å². The van der Waals surface area contributed by atoms with E-state index in [0.717, 1.165) is 44.4 Å². The topological polar surface area (TPSA) is 73.6 Å². The van der Waals surface area contributed by atoms with Crippen molar-refractivity contribution in [1.82, 2.24) is 20.0 Å². The molecule has 4 rings (SSSR count). The molecular weight excluding hydrogens is 406 g/mol. The molecule has 0 radical (unpaired) electrons. The zero-order valence-corrected chi connectivity index (χ0v) is 19.0. The Bertz CT molecular complexity index is 900. The highest BCUT2D eigenvalue weighted by molar-refractivity contribution is 5.91. The summed E-state index contributed by atoms with van der Waals surface area (Å²) in [6.45, 7) is 5.68. The molecule has 2 fully saturated rings. The number of carbonyl (C=O) groups is 1. The van der Waals surface area contributed by atoms with Gasteiger partial charge in [0, 0.05) is 45.3 Å². The fourth-order valence-corrected chi connectivity index (χ4v) is 4.63. The molecule has 1 amide bonds. The number of hydrogen-bond donors (Lipinski definition) is 1. The van der Waals surface area contributed by atoms with Gasteiger partial charge in [-0.2, -0.15) is 0 Å². The molecule has 1 N–H and O–H groups in total. The van der Waals surface area contributed by atoms with Gasteiger partial charge in [0.25, 0.3) is 5.91 Å². The highest BCUT2D eigenvalue weighted by Crippen LogP contribution is 2.31. The van der Waals surface area contributed by atoms with Crippen molar-refractivity contribution in [2.24, 2.45) is 4.99 Å². The number of methoxy groups -OCH3 is 1. The van der Waals surface area contributed by atoms with Gasteiger partial charge in [0.2, 0.25) is 0 Å². The minimum absolute atomic E-state index is 0.0529. The molecule has 1 aromatic heterocycles. The lowest BCUT2D eigenvalue weighted by atomic mass is 10.0. The molecule has 32 heavy (non-hydrogen) atoms. The van der Waals surface area contributed by atoms with E-state index in [1.165, 1.54) is 24.7 Å².